The van der Waals surface area contributed by atoms with Gasteiger partial charge in [0.05, 0.1) is 35.6 Å². The Hall–Kier alpha value is -4.03. The second kappa shape index (κ2) is 10.0. The van der Waals surface area contributed by atoms with Crippen molar-refractivity contribution in [1.82, 2.24) is 25.1 Å². The van der Waals surface area contributed by atoms with Gasteiger partial charge in [-0.1, -0.05) is 53.1 Å². The molecular weight excluding hydrogens is 512 g/mol. The van der Waals surface area contributed by atoms with E-state index in [9.17, 15) is 10.2 Å². The highest BCUT2D eigenvalue weighted by Gasteiger charge is 2.31. The number of nitrogens with two attached hydrogens (primary N) is 1. The number of hydrogen-bond acceptors (Lipinski definition) is 10. The van der Waals surface area contributed by atoms with Gasteiger partial charge in [-0.15, -0.1) is 5.10 Å². The number of benzene rings is 2. The molecule has 0 spiro atoms. The van der Waals surface area contributed by atoms with Crippen molar-refractivity contribution in [1.29, 1.82) is 0 Å². The summed E-state index contributed by atoms with van der Waals surface area (Å²) in [6.07, 6.45) is -1.50. The van der Waals surface area contributed by atoms with E-state index in [0.29, 0.717) is 34.2 Å². The number of aliphatic hydroxyl groups excluding tert-OH is 2. The molecule has 6 rings (SSSR count). The molecule has 1 saturated heterocycles. The van der Waals surface area contributed by atoms with E-state index in [1.807, 2.05) is 48.5 Å². The van der Waals surface area contributed by atoms with Crippen molar-refractivity contribution in [2.24, 2.45) is 0 Å². The zero-order valence-electron chi connectivity index (χ0n) is 19.9. The molecule has 12 heteroatoms. The van der Waals surface area contributed by atoms with Gasteiger partial charge in [0.15, 0.2) is 5.65 Å². The van der Waals surface area contributed by atoms with Gasteiger partial charge >= 0.3 is 6.01 Å². The molecule has 3 atom stereocenters. The Kier molecular flexibility index (Phi) is 6.42. The number of nitrogen functional groups attached to an aromatic ring is 1. The summed E-state index contributed by atoms with van der Waals surface area (Å²) >= 11 is 6.57. The van der Waals surface area contributed by atoms with Gasteiger partial charge < -0.3 is 34.8 Å². The highest BCUT2D eigenvalue weighted by Crippen LogP contribution is 2.32. The maximum Gasteiger partial charge on any atom is 0.313 e. The molecule has 3 unspecified atom stereocenters. The quantitative estimate of drug-likeness (QED) is 0.253. The van der Waals surface area contributed by atoms with Crippen molar-refractivity contribution < 1.29 is 24.1 Å². The number of pyridine rings is 1. The number of nitrogens with zero attached hydrogens (tertiary/aromatic N) is 4. The summed E-state index contributed by atoms with van der Waals surface area (Å²) < 4.78 is 16.6. The molecule has 0 bridgehead atoms. The Morgan fingerprint density at radius 1 is 1.00 bits per heavy atom. The van der Waals surface area contributed by atoms with Crippen LogP contribution < -0.4 is 10.5 Å². The number of aromatic amines is 1. The van der Waals surface area contributed by atoms with Crippen LogP contribution in [0, 0.1) is 0 Å². The minimum atomic E-state index is -0.812. The summed E-state index contributed by atoms with van der Waals surface area (Å²) in [5.41, 5.74) is 10.8. The van der Waals surface area contributed by atoms with Crippen LogP contribution >= 0.6 is 11.6 Å². The lowest BCUT2D eigenvalue weighted by atomic mass is 10.0. The molecule has 11 nitrogen and oxygen atoms in total. The van der Waals surface area contributed by atoms with Crippen LogP contribution in [0.3, 0.4) is 0 Å². The van der Waals surface area contributed by atoms with Crippen molar-refractivity contribution in [3.05, 3.63) is 59.6 Å². The van der Waals surface area contributed by atoms with Crippen molar-refractivity contribution in [2.75, 3.05) is 18.9 Å². The summed E-state index contributed by atoms with van der Waals surface area (Å²) in [5, 5.41) is 27.3. The zero-order valence-corrected chi connectivity index (χ0v) is 20.7. The molecule has 0 aliphatic carbocycles. The Balaban J connectivity index is 1.19. The number of ether oxygens (including phenoxy) is 2. The standard InChI is InChI=1S/C26H23ClN6O5/c27-18-10-19-23(31-26(29-19)37-17-9-20(35)21(11-34)36-12-17)30-22(18)15-5-1-13(2-6-15)14-3-7-16(8-4-14)24-32-33-25(28)38-24/h1-8,10,17,20-21,34-35H,9,11-12H2,(H2,28,33)(H,29,30,31). The van der Waals surface area contributed by atoms with E-state index in [1.54, 1.807) is 6.07 Å². The number of aliphatic hydroxyl groups is 2. The van der Waals surface area contributed by atoms with Crippen LogP contribution in [0.2, 0.25) is 5.02 Å². The van der Waals surface area contributed by atoms with E-state index in [-0.39, 0.29) is 25.2 Å². The molecule has 1 fully saturated rings. The third kappa shape index (κ3) is 4.79. The first kappa shape index (κ1) is 24.3. The maximum absolute atomic E-state index is 10.1. The SMILES string of the molecule is Nc1nnc(-c2ccc(-c3ccc(-c4nc5nc(OC6COC(CO)C(O)C6)[nH]c5cc4Cl)cc3)cc2)o1. The van der Waals surface area contributed by atoms with E-state index < -0.39 is 18.3 Å². The number of anilines is 1. The highest BCUT2D eigenvalue weighted by atomic mass is 35.5. The molecule has 5 aromatic rings. The predicted octanol–water partition coefficient (Wildman–Crippen LogP) is 3.47. The van der Waals surface area contributed by atoms with Gasteiger partial charge in [-0.3, -0.25) is 0 Å². The molecule has 2 aromatic carbocycles. The number of rotatable bonds is 6. The average molecular weight is 535 g/mol. The van der Waals surface area contributed by atoms with Crippen molar-refractivity contribution in [3.63, 3.8) is 0 Å². The van der Waals surface area contributed by atoms with Gasteiger partial charge in [0.25, 0.3) is 6.01 Å². The fourth-order valence-electron chi connectivity index (χ4n) is 4.38. The molecule has 194 valence electrons. The number of hydrogen-bond donors (Lipinski definition) is 4. The van der Waals surface area contributed by atoms with Crippen LogP contribution in [0.5, 0.6) is 6.01 Å². The Morgan fingerprint density at radius 2 is 1.68 bits per heavy atom. The third-order valence-electron chi connectivity index (χ3n) is 6.36. The van der Waals surface area contributed by atoms with Gasteiger partial charge in [0.2, 0.25) is 5.89 Å². The molecule has 0 radical (unpaired) electrons. The highest BCUT2D eigenvalue weighted by molar-refractivity contribution is 6.33. The predicted molar refractivity (Wildman–Crippen MR) is 139 cm³/mol. The molecule has 0 saturated carbocycles. The summed E-state index contributed by atoms with van der Waals surface area (Å²) in [5.74, 6) is 0.368. The lowest BCUT2D eigenvalue weighted by molar-refractivity contribution is -0.131. The van der Waals surface area contributed by atoms with E-state index in [4.69, 9.17) is 31.2 Å². The Morgan fingerprint density at radius 3 is 2.32 bits per heavy atom. The van der Waals surface area contributed by atoms with Gasteiger partial charge in [-0.05, 0) is 29.3 Å². The normalized spacial score (nSPS) is 19.6. The van der Waals surface area contributed by atoms with Crippen LogP contribution in [-0.4, -0.2) is 66.9 Å². The number of aromatic nitrogens is 5. The second-order valence-corrected chi connectivity index (χ2v) is 9.34. The third-order valence-corrected chi connectivity index (χ3v) is 6.65. The minimum Gasteiger partial charge on any atom is -0.459 e. The number of halogens is 1. The monoisotopic (exact) mass is 534 g/mol. The van der Waals surface area contributed by atoms with Crippen LogP contribution in [-0.2, 0) is 4.74 Å². The lowest BCUT2D eigenvalue weighted by Gasteiger charge is -2.31. The van der Waals surface area contributed by atoms with Crippen molar-refractivity contribution in [3.8, 4) is 39.8 Å². The number of fused-ring (bicyclic) bond motifs is 1. The fraction of sp³-hybridized carbons (Fsp3) is 0.231. The first-order valence-electron chi connectivity index (χ1n) is 11.9. The van der Waals surface area contributed by atoms with Crippen molar-refractivity contribution in [2.45, 2.75) is 24.7 Å². The largest absolute Gasteiger partial charge is 0.459 e. The van der Waals surface area contributed by atoms with Crippen LogP contribution in [0.1, 0.15) is 6.42 Å². The minimum absolute atomic E-state index is 0.0271. The van der Waals surface area contributed by atoms with Gasteiger partial charge in [-0.25, -0.2) is 4.98 Å². The van der Waals surface area contributed by atoms with E-state index >= 15 is 0 Å². The zero-order chi connectivity index (χ0) is 26.2. The second-order valence-electron chi connectivity index (χ2n) is 8.93. The topological polar surface area (TPSA) is 165 Å². The summed E-state index contributed by atoms with van der Waals surface area (Å²) in [6, 6.07) is 17.6. The molecule has 1 aliphatic rings. The van der Waals surface area contributed by atoms with Gasteiger partial charge in [-0.2, -0.15) is 4.98 Å². The van der Waals surface area contributed by atoms with Crippen molar-refractivity contribution >= 4 is 28.8 Å². The van der Waals surface area contributed by atoms with Crippen LogP contribution in [0.25, 0.3) is 45.0 Å². The molecular formula is C26H23ClN6O5. The number of nitrogens with one attached hydrogen (secondary N) is 1. The summed E-state index contributed by atoms with van der Waals surface area (Å²) in [7, 11) is 0. The van der Waals surface area contributed by atoms with Crippen LogP contribution in [0.15, 0.2) is 59.0 Å². The fourth-order valence-corrected chi connectivity index (χ4v) is 4.64. The first-order chi connectivity index (χ1) is 18.5. The molecule has 0 amide bonds. The Labute approximate surface area is 221 Å². The summed E-state index contributed by atoms with van der Waals surface area (Å²) in [4.78, 5) is 12.1. The van der Waals surface area contributed by atoms with E-state index in [0.717, 1.165) is 22.3 Å². The summed E-state index contributed by atoms with van der Waals surface area (Å²) in [6.45, 7) is -0.00621. The van der Waals surface area contributed by atoms with Crippen LogP contribution in [0.4, 0.5) is 6.01 Å². The molecule has 38 heavy (non-hydrogen) atoms. The molecule has 3 aromatic heterocycles. The van der Waals surface area contributed by atoms with E-state index in [2.05, 4.69) is 25.1 Å². The smallest absolute Gasteiger partial charge is 0.313 e. The average Bonchev–Trinajstić information content (AvgIpc) is 3.53. The molecule has 5 N–H and O–H groups in total. The van der Waals surface area contributed by atoms with Gasteiger partial charge in [0.1, 0.15) is 12.2 Å². The Bertz CT molecular complexity index is 1570. The maximum atomic E-state index is 10.1. The molecule has 1 aliphatic heterocycles. The number of imidazole rings is 1. The van der Waals surface area contributed by atoms with E-state index in [1.165, 1.54) is 0 Å². The lowest BCUT2D eigenvalue weighted by Crippen LogP contribution is -2.45. The molecule has 4 heterocycles. The number of H-pyrrole nitrogens is 1. The first-order valence-corrected chi connectivity index (χ1v) is 12.3. The van der Waals surface area contributed by atoms with Gasteiger partial charge in [0, 0.05) is 17.5 Å².